The number of hydrogen-bond acceptors (Lipinski definition) is 6. The molecule has 0 fully saturated rings. The van der Waals surface area contributed by atoms with Gasteiger partial charge in [-0.3, -0.25) is 0 Å². The molecule has 0 amide bonds. The fourth-order valence-electron chi connectivity index (χ4n) is 3.85. The van der Waals surface area contributed by atoms with Gasteiger partial charge in [-0.15, -0.1) is 11.3 Å². The first-order chi connectivity index (χ1) is 13.8. The first-order valence-electron chi connectivity index (χ1n) is 9.15. The predicted molar refractivity (Wildman–Crippen MR) is 109 cm³/mol. The van der Waals surface area contributed by atoms with Crippen LogP contribution in [0.25, 0.3) is 0 Å². The maximum absolute atomic E-state index is 6.40. The lowest BCUT2D eigenvalue weighted by Crippen LogP contribution is -2.33. The van der Waals surface area contributed by atoms with Gasteiger partial charge in [-0.2, -0.15) is 5.10 Å². The summed E-state index contributed by atoms with van der Waals surface area (Å²) in [4.78, 5) is 1.21. The molecule has 2 aliphatic rings. The van der Waals surface area contributed by atoms with E-state index in [-0.39, 0.29) is 12.3 Å². The molecule has 0 saturated heterocycles. The minimum absolute atomic E-state index is 0.153. The molecule has 5 rings (SSSR count). The number of hydrazone groups is 1. The van der Waals surface area contributed by atoms with Crippen molar-refractivity contribution < 1.29 is 14.2 Å². The summed E-state index contributed by atoms with van der Waals surface area (Å²) in [6, 6.07) is 18.5. The van der Waals surface area contributed by atoms with Crippen molar-refractivity contribution in [2.24, 2.45) is 5.10 Å². The van der Waals surface area contributed by atoms with E-state index in [4.69, 9.17) is 19.3 Å². The molecule has 3 heterocycles. The van der Waals surface area contributed by atoms with Crippen molar-refractivity contribution in [2.45, 2.75) is 18.7 Å². The van der Waals surface area contributed by atoms with Crippen LogP contribution in [-0.2, 0) is 0 Å². The molecule has 28 heavy (non-hydrogen) atoms. The Hall–Kier alpha value is -2.99. The normalized spacial score (nSPS) is 20.1. The first kappa shape index (κ1) is 17.1. The molecule has 0 bridgehead atoms. The highest BCUT2D eigenvalue weighted by Gasteiger charge is 2.41. The quantitative estimate of drug-likeness (QED) is 0.626. The van der Waals surface area contributed by atoms with Crippen molar-refractivity contribution in [3.8, 4) is 17.2 Å². The molecule has 2 aromatic carbocycles. The lowest BCUT2D eigenvalue weighted by Gasteiger charge is -2.38. The van der Waals surface area contributed by atoms with Gasteiger partial charge in [0.2, 0.25) is 6.23 Å². The summed E-state index contributed by atoms with van der Waals surface area (Å²) in [6.07, 6.45) is 0.544. The Morgan fingerprint density at radius 1 is 1.04 bits per heavy atom. The number of para-hydroxylation sites is 1. The van der Waals surface area contributed by atoms with Crippen molar-refractivity contribution in [3.63, 3.8) is 0 Å². The van der Waals surface area contributed by atoms with Gasteiger partial charge >= 0.3 is 0 Å². The summed E-state index contributed by atoms with van der Waals surface area (Å²) in [5.74, 6) is 2.29. The second-order valence-electron chi connectivity index (χ2n) is 6.75. The van der Waals surface area contributed by atoms with E-state index in [1.54, 1.807) is 25.6 Å². The van der Waals surface area contributed by atoms with Gasteiger partial charge in [0.15, 0.2) is 11.5 Å². The van der Waals surface area contributed by atoms with Gasteiger partial charge in [0.05, 0.1) is 30.9 Å². The molecule has 0 aliphatic carbocycles. The summed E-state index contributed by atoms with van der Waals surface area (Å²) >= 11 is 1.72. The molecule has 6 heteroatoms. The molecule has 0 spiro atoms. The molecule has 0 saturated carbocycles. The number of rotatable bonds is 4. The molecule has 0 unspecified atom stereocenters. The molecule has 3 aromatic rings. The zero-order chi connectivity index (χ0) is 19.1. The Bertz CT molecular complexity index is 1030. The van der Waals surface area contributed by atoms with Crippen LogP contribution in [0.4, 0.5) is 0 Å². The molecule has 5 nitrogen and oxygen atoms in total. The standard InChI is InChI=1S/C22H20N2O3S/c1-25-19-10-9-14(12-20(19)26-2)22-24-17(15-6-3-4-7-18(15)27-22)13-16(23-24)21-8-5-11-28-21/h3-12,17,22H,13H2,1-2H3/t17-,22-/m1/s1. The lowest BCUT2D eigenvalue weighted by atomic mass is 9.97. The predicted octanol–water partition coefficient (Wildman–Crippen LogP) is 5.01. The highest BCUT2D eigenvalue weighted by Crippen LogP contribution is 2.48. The van der Waals surface area contributed by atoms with Gasteiger partial charge in [-0.1, -0.05) is 24.3 Å². The Labute approximate surface area is 167 Å². The first-order valence-corrected chi connectivity index (χ1v) is 10.0. The van der Waals surface area contributed by atoms with E-state index >= 15 is 0 Å². The van der Waals surface area contributed by atoms with E-state index in [9.17, 15) is 0 Å². The smallest absolute Gasteiger partial charge is 0.214 e. The number of hydrogen-bond donors (Lipinski definition) is 0. The minimum Gasteiger partial charge on any atom is -0.493 e. The van der Waals surface area contributed by atoms with Gasteiger partial charge in [0.1, 0.15) is 5.75 Å². The van der Waals surface area contributed by atoms with Crippen molar-refractivity contribution in [1.82, 2.24) is 5.01 Å². The van der Waals surface area contributed by atoms with Crippen LogP contribution in [0.5, 0.6) is 17.2 Å². The second kappa shape index (κ2) is 6.87. The highest BCUT2D eigenvalue weighted by atomic mass is 32.1. The molecular weight excluding hydrogens is 372 g/mol. The third kappa shape index (κ3) is 2.72. The average molecular weight is 392 g/mol. The maximum atomic E-state index is 6.40. The van der Waals surface area contributed by atoms with Gasteiger partial charge in [-0.25, -0.2) is 5.01 Å². The van der Waals surface area contributed by atoms with E-state index in [1.165, 1.54) is 10.4 Å². The highest BCUT2D eigenvalue weighted by molar-refractivity contribution is 7.12. The van der Waals surface area contributed by atoms with Gasteiger partial charge in [0.25, 0.3) is 0 Å². The van der Waals surface area contributed by atoms with E-state index in [0.717, 1.165) is 23.4 Å². The third-order valence-electron chi connectivity index (χ3n) is 5.20. The molecule has 2 atom stereocenters. The Morgan fingerprint density at radius 3 is 2.68 bits per heavy atom. The van der Waals surface area contributed by atoms with Crippen LogP contribution >= 0.6 is 11.3 Å². The molecule has 2 aliphatic heterocycles. The molecule has 142 valence electrons. The number of benzene rings is 2. The summed E-state index contributed by atoms with van der Waals surface area (Å²) in [5.41, 5.74) is 3.26. The van der Waals surface area contributed by atoms with E-state index in [0.29, 0.717) is 11.5 Å². The summed E-state index contributed by atoms with van der Waals surface area (Å²) in [6.45, 7) is 0. The van der Waals surface area contributed by atoms with E-state index < -0.39 is 0 Å². The zero-order valence-corrected chi connectivity index (χ0v) is 16.5. The Balaban J connectivity index is 1.59. The van der Waals surface area contributed by atoms with Crippen molar-refractivity contribution in [3.05, 3.63) is 76.0 Å². The fourth-order valence-corrected chi connectivity index (χ4v) is 4.57. The van der Waals surface area contributed by atoms with Gasteiger partial charge in [-0.05, 0) is 35.7 Å². The van der Waals surface area contributed by atoms with E-state index in [1.807, 2.05) is 30.3 Å². The van der Waals surface area contributed by atoms with Gasteiger partial charge in [0, 0.05) is 17.5 Å². The summed E-state index contributed by atoms with van der Waals surface area (Å²) in [7, 11) is 3.28. The van der Waals surface area contributed by atoms with Crippen LogP contribution < -0.4 is 14.2 Å². The van der Waals surface area contributed by atoms with Crippen LogP contribution in [0.1, 0.15) is 34.7 Å². The molecule has 0 radical (unpaired) electrons. The summed E-state index contributed by atoms with van der Waals surface area (Å²) < 4.78 is 17.3. The summed E-state index contributed by atoms with van der Waals surface area (Å²) in [5, 5.41) is 9.14. The van der Waals surface area contributed by atoms with Crippen LogP contribution in [-0.4, -0.2) is 24.9 Å². The van der Waals surface area contributed by atoms with Crippen molar-refractivity contribution >= 4 is 17.0 Å². The van der Waals surface area contributed by atoms with Gasteiger partial charge < -0.3 is 14.2 Å². The van der Waals surface area contributed by atoms with Crippen LogP contribution in [0.2, 0.25) is 0 Å². The third-order valence-corrected chi connectivity index (χ3v) is 6.12. The minimum atomic E-state index is -0.322. The Kier molecular flexibility index (Phi) is 4.20. The fraction of sp³-hybridized carbons (Fsp3) is 0.227. The number of thiophene rings is 1. The Morgan fingerprint density at radius 2 is 1.89 bits per heavy atom. The molecule has 0 N–H and O–H groups in total. The zero-order valence-electron chi connectivity index (χ0n) is 15.7. The topological polar surface area (TPSA) is 43.3 Å². The molecule has 1 aromatic heterocycles. The number of fused-ring (bicyclic) bond motifs is 3. The average Bonchev–Trinajstić information content (AvgIpc) is 3.42. The lowest BCUT2D eigenvalue weighted by molar-refractivity contribution is -0.0191. The number of nitrogens with zero attached hydrogens (tertiary/aromatic N) is 2. The SMILES string of the molecule is COc1ccc([C@H]2Oc3ccccc3[C@H]3CC(c4cccs4)=NN32)cc1OC. The van der Waals surface area contributed by atoms with Crippen LogP contribution in [0, 0.1) is 0 Å². The second-order valence-corrected chi connectivity index (χ2v) is 7.69. The van der Waals surface area contributed by atoms with Crippen LogP contribution in [0.15, 0.2) is 65.1 Å². The van der Waals surface area contributed by atoms with Crippen molar-refractivity contribution in [1.29, 1.82) is 0 Å². The number of methoxy groups -OCH3 is 2. The largest absolute Gasteiger partial charge is 0.493 e. The number of ether oxygens (including phenoxy) is 3. The molecular formula is C22H20N2O3S. The van der Waals surface area contributed by atoms with Crippen LogP contribution in [0.3, 0.4) is 0 Å². The monoisotopic (exact) mass is 392 g/mol. The van der Waals surface area contributed by atoms with Crippen molar-refractivity contribution in [2.75, 3.05) is 14.2 Å². The maximum Gasteiger partial charge on any atom is 0.214 e. The van der Waals surface area contributed by atoms with E-state index in [2.05, 4.69) is 34.7 Å².